The molecule has 84 valence electrons. The third-order valence-electron chi connectivity index (χ3n) is 0.756. The fraction of sp³-hybridized carbons (Fsp3) is 0. The van der Waals surface area contributed by atoms with Crippen molar-refractivity contribution in [3.05, 3.63) is 30.3 Å². The van der Waals surface area contributed by atoms with Gasteiger partial charge in [0.2, 0.25) is 0 Å². The van der Waals surface area contributed by atoms with E-state index in [2.05, 4.69) is 0 Å². The van der Waals surface area contributed by atoms with Crippen LogP contribution < -0.4 is 30.1 Å². The van der Waals surface area contributed by atoms with Crippen LogP contribution in [0, 0.1) is 0 Å². The molecule has 0 unspecified atom stereocenters. The van der Waals surface area contributed by atoms with Crippen LogP contribution in [0.4, 0.5) is 0 Å². The van der Waals surface area contributed by atoms with Gasteiger partial charge in [0.1, 0.15) is 5.75 Å². The first-order valence-corrected chi connectivity index (χ1v) is 3.55. The molecule has 0 radical (unpaired) electrons. The predicted molar refractivity (Wildman–Crippen MR) is 56.9 cm³/mol. The van der Waals surface area contributed by atoms with Crippen molar-refractivity contribution < 1.29 is 35.3 Å². The van der Waals surface area contributed by atoms with Crippen LogP contribution in [0.2, 0.25) is 0 Å². The molecule has 0 heterocycles. The predicted octanol–water partition coefficient (Wildman–Crippen LogP) is -7.65. The summed E-state index contributed by atoms with van der Waals surface area (Å²) in [4.78, 5) is 0. The van der Waals surface area contributed by atoms with Gasteiger partial charge in [0.25, 0.3) is 0 Å². The molecule has 0 aliphatic heterocycles. The summed E-state index contributed by atoms with van der Waals surface area (Å²) in [6.45, 7) is 0. The maximum Gasteiger partial charge on any atom is 2.00 e. The van der Waals surface area contributed by atoms with Gasteiger partial charge in [0.15, 0.2) is 0 Å². The zero-order valence-corrected chi connectivity index (χ0v) is 16.2. The molecule has 0 atom stereocenters. The third-order valence-corrected chi connectivity index (χ3v) is 0.756. The summed E-state index contributed by atoms with van der Waals surface area (Å²) in [6, 6.07) is 8.71. The van der Waals surface area contributed by atoms with Gasteiger partial charge in [-0.05, 0) is 12.1 Å². The average molecular weight is 332 g/mol. The molecule has 1 N–H and O–H groups in total. The Kier molecular flexibility index (Phi) is 44.7. The van der Waals surface area contributed by atoms with E-state index in [1.165, 1.54) is 0 Å². The first-order chi connectivity index (χ1) is 6.86. The fourth-order valence-electron chi connectivity index (χ4n) is 0.428. The van der Waals surface area contributed by atoms with Crippen molar-refractivity contribution in [2.24, 2.45) is 0 Å². The normalized spacial score (nSPS) is 6.33. The maximum atomic E-state index is 8.63. The quantitative estimate of drug-likeness (QED) is 0.462. The molecule has 1 aromatic carbocycles. The first kappa shape index (κ1) is 32.6. The SMILES string of the molecule is Oc1ccccc1.[Ca+2].[Ca+2].[Ca+2].[O-]B([O-])[O-].[O-]B([O-])[O-]. The second-order valence-electron chi connectivity index (χ2n) is 1.91. The molecule has 0 fully saturated rings. The van der Waals surface area contributed by atoms with Crippen molar-refractivity contribution >= 4 is 128 Å². The Labute approximate surface area is 195 Å². The first-order valence-electron chi connectivity index (χ1n) is 3.55. The number of hydrogen-bond acceptors (Lipinski definition) is 7. The average Bonchev–Trinajstić information content (AvgIpc) is 2.03. The van der Waals surface area contributed by atoms with Gasteiger partial charge in [-0.25, -0.2) is 0 Å². The number of phenolic OH excluding ortho intramolecular Hbond substituents is 1. The number of benzene rings is 1. The smallest absolute Gasteiger partial charge is 0.907 e. The summed E-state index contributed by atoms with van der Waals surface area (Å²) in [7, 11) is -5.83. The molecule has 0 saturated carbocycles. The summed E-state index contributed by atoms with van der Waals surface area (Å²) in [5.41, 5.74) is 0. The Bertz CT molecular complexity index is 218. The number of aromatic hydroxyl groups is 1. The molecule has 0 spiro atoms. The Morgan fingerprint density at radius 2 is 0.889 bits per heavy atom. The number of hydrogen-bond donors (Lipinski definition) is 1. The molecular weight excluding hydrogens is 326 g/mol. The van der Waals surface area contributed by atoms with Gasteiger partial charge in [0, 0.05) is 0 Å². The van der Waals surface area contributed by atoms with Crippen molar-refractivity contribution in [3.63, 3.8) is 0 Å². The van der Waals surface area contributed by atoms with Crippen LogP contribution in [0.25, 0.3) is 0 Å². The van der Waals surface area contributed by atoms with E-state index in [-0.39, 0.29) is 113 Å². The molecule has 0 aliphatic rings. The molecule has 18 heavy (non-hydrogen) atoms. The van der Waals surface area contributed by atoms with E-state index in [1.54, 1.807) is 24.3 Å². The van der Waals surface area contributed by atoms with Crippen molar-refractivity contribution in [2.75, 3.05) is 0 Å². The minimum absolute atomic E-state index is 0. The Balaban J connectivity index is -0.0000000461. The van der Waals surface area contributed by atoms with Crippen molar-refractivity contribution in [3.8, 4) is 5.75 Å². The molecule has 1 rings (SSSR count). The topological polar surface area (TPSA) is 159 Å². The van der Waals surface area contributed by atoms with Gasteiger partial charge in [-0.3, -0.25) is 14.6 Å². The fourth-order valence-corrected chi connectivity index (χ4v) is 0.428. The summed E-state index contributed by atoms with van der Waals surface area (Å²) in [6.07, 6.45) is 0. The van der Waals surface area contributed by atoms with Crippen LogP contribution in [0.5, 0.6) is 5.75 Å². The molecule has 12 heteroatoms. The Hall–Kier alpha value is 2.69. The van der Waals surface area contributed by atoms with Crippen molar-refractivity contribution in [1.29, 1.82) is 0 Å². The van der Waals surface area contributed by atoms with Crippen molar-refractivity contribution in [1.82, 2.24) is 0 Å². The van der Waals surface area contributed by atoms with Crippen molar-refractivity contribution in [2.45, 2.75) is 0 Å². The zero-order chi connectivity index (χ0) is 12.3. The van der Waals surface area contributed by atoms with E-state index in [9.17, 15) is 0 Å². The van der Waals surface area contributed by atoms with Gasteiger partial charge in [-0.1, -0.05) is 18.2 Å². The zero-order valence-electron chi connectivity index (χ0n) is 9.56. The maximum absolute atomic E-state index is 8.63. The molecule has 0 amide bonds. The van der Waals surface area contributed by atoms with Gasteiger partial charge in [0.05, 0.1) is 0 Å². The number of rotatable bonds is 0. The van der Waals surface area contributed by atoms with Gasteiger partial charge < -0.3 is 35.3 Å². The minimum Gasteiger partial charge on any atom is -0.907 e. The summed E-state index contributed by atoms with van der Waals surface area (Å²) in [5.74, 6) is 0.322. The molecule has 0 saturated heterocycles. The molecule has 0 aromatic heterocycles. The van der Waals surface area contributed by atoms with Gasteiger partial charge in [-0.2, -0.15) is 0 Å². The molecular formula is C6H6B2Ca3O7. The van der Waals surface area contributed by atoms with E-state index >= 15 is 0 Å². The van der Waals surface area contributed by atoms with Gasteiger partial charge in [-0.15, -0.1) is 0 Å². The number of para-hydroxylation sites is 1. The van der Waals surface area contributed by atoms with Crippen LogP contribution in [-0.2, 0) is 0 Å². The summed E-state index contributed by atoms with van der Waals surface area (Å²) < 4.78 is 0. The molecule has 7 nitrogen and oxygen atoms in total. The van der Waals surface area contributed by atoms with E-state index in [4.69, 9.17) is 35.3 Å². The number of phenols is 1. The van der Waals surface area contributed by atoms with Crippen LogP contribution in [0.1, 0.15) is 0 Å². The Morgan fingerprint density at radius 3 is 1.00 bits per heavy atom. The second kappa shape index (κ2) is 24.7. The minimum atomic E-state index is -2.92. The Morgan fingerprint density at radius 1 is 0.667 bits per heavy atom. The van der Waals surface area contributed by atoms with Crippen LogP contribution in [0.3, 0.4) is 0 Å². The van der Waals surface area contributed by atoms with E-state index in [0.29, 0.717) is 5.75 Å². The monoisotopic (exact) mass is 332 g/mol. The van der Waals surface area contributed by atoms with Crippen LogP contribution in [0.15, 0.2) is 30.3 Å². The van der Waals surface area contributed by atoms with Gasteiger partial charge >= 0.3 is 113 Å². The van der Waals surface area contributed by atoms with Crippen LogP contribution >= 0.6 is 0 Å². The molecule has 0 aliphatic carbocycles. The van der Waals surface area contributed by atoms with E-state index in [1.807, 2.05) is 6.07 Å². The van der Waals surface area contributed by atoms with E-state index < -0.39 is 14.6 Å². The van der Waals surface area contributed by atoms with E-state index in [0.717, 1.165) is 0 Å². The third kappa shape index (κ3) is 51.2. The largest absolute Gasteiger partial charge is 2.00 e. The summed E-state index contributed by atoms with van der Waals surface area (Å²) in [5, 5.41) is 59.1. The van der Waals surface area contributed by atoms with Crippen LogP contribution in [-0.4, -0.2) is 133 Å². The standard InChI is InChI=1S/C6H6O.2BO3.3Ca/c7-6-4-2-1-3-5-6;2*2-1(3)4;;;/h1-5,7H;;;;;/q;2*-3;3*+2. The second-order valence-corrected chi connectivity index (χ2v) is 1.91. The summed E-state index contributed by atoms with van der Waals surface area (Å²) >= 11 is 0. The molecule has 0 bridgehead atoms. The molecule has 1 aromatic rings.